The standard InChI is InChI=1S/C18H28O3/c1-10-4-6-15-16(18(10)20)7-5-13-9-14(21-12(3)19)8-11(2)17(13)15/h10-11,13-17H,4-9H2,1-3H3/t10?,11-,13?,14?,15?,16?,17?/m0/s1. The van der Waals surface area contributed by atoms with Crippen LogP contribution in [0.1, 0.15) is 59.3 Å². The second kappa shape index (κ2) is 5.73. The Balaban J connectivity index is 1.74. The van der Waals surface area contributed by atoms with E-state index in [0.717, 1.165) is 32.1 Å². The van der Waals surface area contributed by atoms with E-state index in [0.29, 0.717) is 35.4 Å². The Labute approximate surface area is 127 Å². The molecular weight excluding hydrogens is 264 g/mol. The van der Waals surface area contributed by atoms with Crippen molar-refractivity contribution in [2.24, 2.45) is 35.5 Å². The summed E-state index contributed by atoms with van der Waals surface area (Å²) in [5.41, 5.74) is 0. The minimum absolute atomic E-state index is 0.105. The largest absolute Gasteiger partial charge is 0.463 e. The summed E-state index contributed by atoms with van der Waals surface area (Å²) in [4.78, 5) is 23.7. The zero-order valence-electron chi connectivity index (χ0n) is 13.5. The lowest BCUT2D eigenvalue weighted by Gasteiger charge is -2.52. The molecule has 0 saturated heterocycles. The summed E-state index contributed by atoms with van der Waals surface area (Å²) in [5, 5.41) is 0. The zero-order chi connectivity index (χ0) is 15.1. The topological polar surface area (TPSA) is 43.4 Å². The minimum Gasteiger partial charge on any atom is -0.463 e. The van der Waals surface area contributed by atoms with Gasteiger partial charge >= 0.3 is 5.97 Å². The van der Waals surface area contributed by atoms with Crippen molar-refractivity contribution in [3.05, 3.63) is 0 Å². The monoisotopic (exact) mass is 292 g/mol. The van der Waals surface area contributed by atoms with Crippen LogP contribution in [0.15, 0.2) is 0 Å². The Morgan fingerprint density at radius 2 is 1.86 bits per heavy atom. The third-order valence-corrected chi connectivity index (χ3v) is 6.38. The van der Waals surface area contributed by atoms with Gasteiger partial charge in [0.25, 0.3) is 0 Å². The lowest BCUT2D eigenvalue weighted by atomic mass is 9.53. The van der Waals surface area contributed by atoms with E-state index in [1.54, 1.807) is 0 Å². The molecule has 0 bridgehead atoms. The first-order valence-electron chi connectivity index (χ1n) is 8.68. The maximum atomic E-state index is 12.5. The van der Waals surface area contributed by atoms with Crippen molar-refractivity contribution in [3.8, 4) is 0 Å². The van der Waals surface area contributed by atoms with Gasteiger partial charge in [0, 0.05) is 18.8 Å². The highest BCUT2D eigenvalue weighted by atomic mass is 16.5. The Morgan fingerprint density at radius 1 is 1.10 bits per heavy atom. The molecule has 0 radical (unpaired) electrons. The second-order valence-corrected chi connectivity index (χ2v) is 7.75. The van der Waals surface area contributed by atoms with E-state index in [1.165, 1.54) is 13.3 Å². The van der Waals surface area contributed by atoms with Gasteiger partial charge in [-0.2, -0.15) is 0 Å². The van der Waals surface area contributed by atoms with E-state index in [9.17, 15) is 9.59 Å². The molecule has 118 valence electrons. The molecule has 3 aliphatic rings. The molecule has 7 atom stereocenters. The van der Waals surface area contributed by atoms with Crippen molar-refractivity contribution in [2.75, 3.05) is 0 Å². The van der Waals surface area contributed by atoms with Gasteiger partial charge in [-0.05, 0) is 62.2 Å². The van der Waals surface area contributed by atoms with E-state index in [1.807, 2.05) is 0 Å². The molecule has 3 nitrogen and oxygen atoms in total. The summed E-state index contributed by atoms with van der Waals surface area (Å²) < 4.78 is 5.48. The summed E-state index contributed by atoms with van der Waals surface area (Å²) >= 11 is 0. The number of hydrogen-bond donors (Lipinski definition) is 0. The van der Waals surface area contributed by atoms with Crippen molar-refractivity contribution >= 4 is 11.8 Å². The fourth-order valence-corrected chi connectivity index (χ4v) is 5.61. The summed E-state index contributed by atoms with van der Waals surface area (Å²) in [6.07, 6.45) is 6.61. The molecule has 0 aliphatic heterocycles. The number of fused-ring (bicyclic) bond motifs is 3. The first kappa shape index (κ1) is 15.1. The Kier molecular flexibility index (Phi) is 4.11. The van der Waals surface area contributed by atoms with Crippen molar-refractivity contribution in [2.45, 2.75) is 65.4 Å². The van der Waals surface area contributed by atoms with Crippen molar-refractivity contribution in [1.29, 1.82) is 0 Å². The predicted molar refractivity (Wildman–Crippen MR) is 80.6 cm³/mol. The minimum atomic E-state index is -0.152. The van der Waals surface area contributed by atoms with E-state index < -0.39 is 0 Å². The van der Waals surface area contributed by atoms with E-state index in [-0.39, 0.29) is 18.0 Å². The zero-order valence-corrected chi connectivity index (χ0v) is 13.5. The van der Waals surface area contributed by atoms with Gasteiger partial charge in [0.15, 0.2) is 0 Å². The fourth-order valence-electron chi connectivity index (χ4n) is 5.61. The van der Waals surface area contributed by atoms with Gasteiger partial charge in [-0.3, -0.25) is 9.59 Å². The van der Waals surface area contributed by atoms with Crippen molar-refractivity contribution in [3.63, 3.8) is 0 Å². The third-order valence-electron chi connectivity index (χ3n) is 6.38. The Hall–Kier alpha value is -0.860. The van der Waals surface area contributed by atoms with Crippen LogP contribution in [0.25, 0.3) is 0 Å². The number of esters is 1. The number of carbonyl (C=O) groups excluding carboxylic acids is 2. The van der Waals surface area contributed by atoms with Gasteiger partial charge in [-0.1, -0.05) is 13.8 Å². The number of rotatable bonds is 1. The number of Topliss-reactive ketones (excluding diaryl/α,β-unsaturated/α-hetero) is 1. The number of hydrogen-bond acceptors (Lipinski definition) is 3. The lowest BCUT2D eigenvalue weighted by molar-refractivity contribution is -0.154. The lowest BCUT2D eigenvalue weighted by Crippen LogP contribution is -2.49. The Bertz CT molecular complexity index is 430. The van der Waals surface area contributed by atoms with Gasteiger partial charge < -0.3 is 4.74 Å². The summed E-state index contributed by atoms with van der Waals surface area (Å²) in [7, 11) is 0. The SMILES string of the molecule is CC(=O)OC1CC2CCC3C(=O)C(C)CCC3C2[C@@H](C)C1. The van der Waals surface area contributed by atoms with Crippen LogP contribution in [0.3, 0.4) is 0 Å². The Morgan fingerprint density at radius 3 is 2.57 bits per heavy atom. The van der Waals surface area contributed by atoms with Crippen LogP contribution >= 0.6 is 0 Å². The molecule has 0 spiro atoms. The van der Waals surface area contributed by atoms with Crippen LogP contribution in [0.4, 0.5) is 0 Å². The normalized spacial score (nSPS) is 46.4. The molecule has 0 aromatic carbocycles. The van der Waals surface area contributed by atoms with Crippen LogP contribution < -0.4 is 0 Å². The van der Waals surface area contributed by atoms with Crippen LogP contribution in [0.2, 0.25) is 0 Å². The molecule has 3 rings (SSSR count). The molecule has 6 unspecified atom stereocenters. The van der Waals surface area contributed by atoms with E-state index in [2.05, 4.69) is 13.8 Å². The van der Waals surface area contributed by atoms with Crippen molar-refractivity contribution < 1.29 is 14.3 Å². The van der Waals surface area contributed by atoms with E-state index >= 15 is 0 Å². The number of ether oxygens (including phenoxy) is 1. The number of carbonyl (C=O) groups is 2. The summed E-state index contributed by atoms with van der Waals surface area (Å²) in [5.74, 6) is 3.47. The van der Waals surface area contributed by atoms with Crippen LogP contribution in [0, 0.1) is 35.5 Å². The van der Waals surface area contributed by atoms with Gasteiger partial charge in [-0.15, -0.1) is 0 Å². The maximum Gasteiger partial charge on any atom is 0.302 e. The van der Waals surface area contributed by atoms with Crippen LogP contribution in [0.5, 0.6) is 0 Å². The highest BCUT2D eigenvalue weighted by molar-refractivity contribution is 5.84. The van der Waals surface area contributed by atoms with E-state index in [4.69, 9.17) is 4.74 Å². The average Bonchev–Trinajstić information content (AvgIpc) is 2.41. The molecule has 21 heavy (non-hydrogen) atoms. The quantitative estimate of drug-likeness (QED) is 0.693. The molecule has 0 N–H and O–H groups in total. The van der Waals surface area contributed by atoms with Crippen LogP contribution in [-0.4, -0.2) is 17.9 Å². The second-order valence-electron chi connectivity index (χ2n) is 7.75. The molecule has 0 heterocycles. The molecule has 3 aliphatic carbocycles. The van der Waals surface area contributed by atoms with Gasteiger partial charge in [0.05, 0.1) is 0 Å². The van der Waals surface area contributed by atoms with Gasteiger partial charge in [0.2, 0.25) is 0 Å². The maximum absolute atomic E-state index is 12.5. The molecule has 3 saturated carbocycles. The predicted octanol–water partition coefficient (Wildman–Crippen LogP) is 3.61. The highest BCUT2D eigenvalue weighted by Crippen LogP contribution is 2.53. The molecular formula is C18H28O3. The van der Waals surface area contributed by atoms with Gasteiger partial charge in [-0.25, -0.2) is 0 Å². The number of ketones is 1. The molecule has 0 aromatic rings. The molecule has 0 aromatic heterocycles. The summed E-state index contributed by atoms with van der Waals surface area (Å²) in [6.45, 7) is 5.92. The van der Waals surface area contributed by atoms with Crippen molar-refractivity contribution in [1.82, 2.24) is 0 Å². The first-order valence-corrected chi connectivity index (χ1v) is 8.68. The fraction of sp³-hybridized carbons (Fsp3) is 0.889. The third kappa shape index (κ3) is 2.76. The average molecular weight is 292 g/mol. The van der Waals surface area contributed by atoms with Crippen LogP contribution in [-0.2, 0) is 14.3 Å². The first-order chi connectivity index (χ1) is 9.97. The van der Waals surface area contributed by atoms with Gasteiger partial charge in [0.1, 0.15) is 11.9 Å². The molecule has 3 fully saturated rings. The smallest absolute Gasteiger partial charge is 0.302 e. The highest BCUT2D eigenvalue weighted by Gasteiger charge is 2.50. The molecule has 0 amide bonds. The summed E-state index contributed by atoms with van der Waals surface area (Å²) in [6, 6.07) is 0. The molecule has 3 heteroatoms.